The summed E-state index contributed by atoms with van der Waals surface area (Å²) in [5, 5.41) is 2.44. The highest BCUT2D eigenvalue weighted by atomic mass is 32.2. The van der Waals surface area contributed by atoms with E-state index >= 15 is 0 Å². The molecule has 1 N–H and O–H groups in total. The molecule has 5 atom stereocenters. The van der Waals surface area contributed by atoms with E-state index in [4.69, 9.17) is 22.0 Å². The van der Waals surface area contributed by atoms with Crippen LogP contribution in [0.25, 0.3) is 0 Å². The van der Waals surface area contributed by atoms with Gasteiger partial charge < -0.3 is 14.8 Å². The lowest BCUT2D eigenvalue weighted by atomic mass is 9.97. The van der Waals surface area contributed by atoms with Crippen molar-refractivity contribution in [2.75, 3.05) is 25.4 Å². The number of carbonyl (C=O) groups is 1. The number of amides is 1. The van der Waals surface area contributed by atoms with Gasteiger partial charge in [0, 0.05) is 6.92 Å². The molecule has 1 aliphatic rings. The van der Waals surface area contributed by atoms with E-state index in [0.717, 1.165) is 13.2 Å². The Morgan fingerprint density at radius 2 is 1.47 bits per heavy atom. The minimum Gasteiger partial charge on any atom is -0.346 e. The third-order valence-electron chi connectivity index (χ3n) is 4.29. The molecule has 0 saturated carbocycles. The summed E-state index contributed by atoms with van der Waals surface area (Å²) in [5.74, 6) is -0.632. The molecule has 0 aromatic heterocycles. The van der Waals surface area contributed by atoms with Crippen LogP contribution in [-0.4, -0.2) is 87.2 Å². The molecule has 0 unspecified atom stereocenters. The first-order valence-electron chi connectivity index (χ1n) is 9.73. The fraction of sp³-hybridized carbons (Fsp3) is 0.611. The maximum atomic E-state index is 12.0. The number of hydrogen-bond acceptors (Lipinski definition) is 12. The van der Waals surface area contributed by atoms with Gasteiger partial charge in [-0.15, -0.1) is 0 Å². The monoisotopic (exact) mass is 545 g/mol. The van der Waals surface area contributed by atoms with E-state index in [2.05, 4.69) is 5.32 Å². The molecule has 1 aromatic carbocycles. The van der Waals surface area contributed by atoms with Crippen molar-refractivity contribution < 1.29 is 52.1 Å². The molecule has 1 fully saturated rings. The number of nitrogens with one attached hydrogen (secondary N) is 1. The van der Waals surface area contributed by atoms with Crippen LogP contribution in [-0.2, 0) is 63.8 Å². The molecule has 34 heavy (non-hydrogen) atoms. The fourth-order valence-electron chi connectivity index (χ4n) is 3.15. The molecule has 1 amide bonds. The van der Waals surface area contributed by atoms with Crippen molar-refractivity contribution in [3.05, 3.63) is 35.9 Å². The van der Waals surface area contributed by atoms with E-state index in [1.165, 1.54) is 0 Å². The van der Waals surface area contributed by atoms with Crippen molar-refractivity contribution in [1.29, 1.82) is 0 Å². The van der Waals surface area contributed by atoms with E-state index in [-0.39, 0.29) is 6.61 Å². The summed E-state index contributed by atoms with van der Waals surface area (Å²) in [7, 11) is -12.5. The van der Waals surface area contributed by atoms with E-state index in [1.807, 2.05) is 0 Å². The van der Waals surface area contributed by atoms with Gasteiger partial charge in [-0.05, 0) is 5.56 Å². The second-order valence-electron chi connectivity index (χ2n) is 7.58. The Bertz CT molecular complexity index is 1150. The molecule has 2 rings (SSSR count). The number of benzene rings is 1. The summed E-state index contributed by atoms with van der Waals surface area (Å²) >= 11 is 0. The first kappa shape index (κ1) is 28.6. The van der Waals surface area contributed by atoms with Crippen LogP contribution in [0.1, 0.15) is 12.5 Å². The van der Waals surface area contributed by atoms with Gasteiger partial charge in [-0.2, -0.15) is 25.3 Å². The second kappa shape index (κ2) is 11.4. The van der Waals surface area contributed by atoms with Crippen LogP contribution in [0.2, 0.25) is 0 Å². The Morgan fingerprint density at radius 1 is 0.912 bits per heavy atom. The predicted octanol–water partition coefficient (Wildman–Crippen LogP) is -0.901. The minimum atomic E-state index is -4.24. The van der Waals surface area contributed by atoms with Crippen LogP contribution in [0.3, 0.4) is 0 Å². The average molecular weight is 546 g/mol. The standard InChI is InChI=1S/C18H27NO12S3/c1-12(20)19-15-17(31-34(4,25)26)16(30-33(3,23)24)14(11-28-32(2,21)22)29-18(15)27-10-13-8-6-5-7-9-13/h5-9,14-18H,10-11H2,1-4H3,(H,19,20)/t14-,15-,16+,17+,18-/m1/s1. The molecule has 1 aromatic rings. The molecule has 0 aliphatic carbocycles. The van der Waals surface area contributed by atoms with E-state index in [9.17, 15) is 30.0 Å². The molecule has 0 spiro atoms. The van der Waals surface area contributed by atoms with E-state index < -0.39 is 73.5 Å². The Morgan fingerprint density at radius 3 is 1.97 bits per heavy atom. The van der Waals surface area contributed by atoms with Gasteiger partial charge in [-0.1, -0.05) is 30.3 Å². The summed E-state index contributed by atoms with van der Waals surface area (Å²) in [6.45, 7) is 0.335. The van der Waals surface area contributed by atoms with Crippen molar-refractivity contribution in [2.45, 2.75) is 44.2 Å². The third-order valence-corrected chi connectivity index (χ3v) is 6.00. The van der Waals surface area contributed by atoms with Crippen molar-refractivity contribution in [3.63, 3.8) is 0 Å². The third kappa shape index (κ3) is 9.91. The SMILES string of the molecule is CC(=O)N[C@H]1[C@H](OCc2ccccc2)O[C@H](COS(C)(=O)=O)[C@H](OS(C)(=O)=O)[C@H]1OS(C)(=O)=O. The highest BCUT2D eigenvalue weighted by molar-refractivity contribution is 7.86. The summed E-state index contributed by atoms with van der Waals surface area (Å²) < 4.78 is 97.2. The smallest absolute Gasteiger partial charge is 0.264 e. The number of rotatable bonds is 11. The van der Waals surface area contributed by atoms with Crippen LogP contribution in [0.15, 0.2) is 30.3 Å². The van der Waals surface area contributed by atoms with Crippen molar-refractivity contribution in [1.82, 2.24) is 5.32 Å². The minimum absolute atomic E-state index is 0.0512. The Kier molecular flexibility index (Phi) is 9.57. The first-order chi connectivity index (χ1) is 15.5. The first-order valence-corrected chi connectivity index (χ1v) is 15.2. The average Bonchev–Trinajstić information content (AvgIpc) is 2.66. The molecule has 1 aliphatic heterocycles. The zero-order valence-corrected chi connectivity index (χ0v) is 21.3. The summed E-state index contributed by atoms with van der Waals surface area (Å²) in [6.07, 6.45) is -4.12. The molecule has 194 valence electrons. The van der Waals surface area contributed by atoms with E-state index in [0.29, 0.717) is 18.1 Å². The number of ether oxygens (including phenoxy) is 2. The summed E-state index contributed by atoms with van der Waals surface area (Å²) in [6, 6.07) is 7.39. The van der Waals surface area contributed by atoms with Gasteiger partial charge in [0.05, 0.1) is 32.0 Å². The van der Waals surface area contributed by atoms with Crippen molar-refractivity contribution in [3.8, 4) is 0 Å². The summed E-state index contributed by atoms with van der Waals surface area (Å²) in [5.41, 5.74) is 0.701. The second-order valence-corrected chi connectivity index (χ2v) is 12.4. The molecule has 1 saturated heterocycles. The molecule has 13 nitrogen and oxygen atoms in total. The zero-order chi connectivity index (χ0) is 25.7. The number of carbonyl (C=O) groups excluding carboxylic acids is 1. The van der Waals surface area contributed by atoms with Crippen LogP contribution < -0.4 is 5.32 Å². The molecular weight excluding hydrogens is 518 g/mol. The molecule has 0 radical (unpaired) electrons. The Labute approximate surface area is 199 Å². The Balaban J connectivity index is 2.49. The molecular formula is C18H27NO12S3. The van der Waals surface area contributed by atoms with Crippen molar-refractivity contribution >= 4 is 36.3 Å². The highest BCUT2D eigenvalue weighted by Gasteiger charge is 2.51. The predicted molar refractivity (Wildman–Crippen MR) is 118 cm³/mol. The lowest BCUT2D eigenvalue weighted by Crippen LogP contribution is -2.66. The van der Waals surface area contributed by atoms with Gasteiger partial charge in [-0.25, -0.2) is 0 Å². The maximum Gasteiger partial charge on any atom is 0.264 e. The van der Waals surface area contributed by atoms with Gasteiger partial charge in [0.15, 0.2) is 6.29 Å². The van der Waals surface area contributed by atoms with Gasteiger partial charge >= 0.3 is 0 Å². The van der Waals surface area contributed by atoms with Crippen LogP contribution in [0.5, 0.6) is 0 Å². The van der Waals surface area contributed by atoms with Gasteiger partial charge in [0.2, 0.25) is 5.91 Å². The largest absolute Gasteiger partial charge is 0.346 e. The lowest BCUT2D eigenvalue weighted by molar-refractivity contribution is -0.262. The topological polar surface area (TPSA) is 178 Å². The van der Waals surface area contributed by atoms with E-state index in [1.54, 1.807) is 30.3 Å². The summed E-state index contributed by atoms with van der Waals surface area (Å²) in [4.78, 5) is 11.9. The quantitative estimate of drug-likeness (QED) is 0.339. The molecule has 0 bridgehead atoms. The van der Waals surface area contributed by atoms with Crippen LogP contribution >= 0.6 is 0 Å². The van der Waals surface area contributed by atoms with Crippen LogP contribution in [0, 0.1) is 0 Å². The lowest BCUT2D eigenvalue weighted by Gasteiger charge is -2.44. The number of hydrogen-bond donors (Lipinski definition) is 1. The normalized spacial score (nSPS) is 26.2. The maximum absolute atomic E-state index is 12.0. The van der Waals surface area contributed by atoms with Crippen LogP contribution in [0.4, 0.5) is 0 Å². The molecule has 16 heteroatoms. The Hall–Kier alpha value is -1.66. The van der Waals surface area contributed by atoms with Gasteiger partial charge in [0.25, 0.3) is 30.4 Å². The fourth-order valence-corrected chi connectivity index (χ4v) is 4.80. The van der Waals surface area contributed by atoms with Crippen molar-refractivity contribution in [2.24, 2.45) is 0 Å². The zero-order valence-electron chi connectivity index (χ0n) is 18.8. The van der Waals surface area contributed by atoms with Gasteiger partial charge in [0.1, 0.15) is 24.4 Å². The van der Waals surface area contributed by atoms with Gasteiger partial charge in [-0.3, -0.25) is 17.3 Å². The highest BCUT2D eigenvalue weighted by Crippen LogP contribution is 2.30. The molecule has 1 heterocycles.